The molecule has 3 rings (SSSR count). The highest BCUT2D eigenvalue weighted by atomic mass is 32.1. The van der Waals surface area contributed by atoms with E-state index in [0.29, 0.717) is 12.4 Å². The van der Waals surface area contributed by atoms with Gasteiger partial charge in [-0.3, -0.25) is 0 Å². The zero-order chi connectivity index (χ0) is 13.9. The van der Waals surface area contributed by atoms with Crippen molar-refractivity contribution in [2.75, 3.05) is 5.73 Å². The Labute approximate surface area is 120 Å². The number of nitrogens with zero attached hydrogens (tertiary/aromatic N) is 4. The van der Waals surface area contributed by atoms with E-state index in [1.165, 1.54) is 0 Å². The van der Waals surface area contributed by atoms with Gasteiger partial charge in [-0.15, -0.1) is 16.4 Å². The van der Waals surface area contributed by atoms with E-state index in [1.807, 2.05) is 23.6 Å². The molecule has 0 aromatic carbocycles. The molecule has 0 aliphatic heterocycles. The molecule has 0 radical (unpaired) electrons. The van der Waals surface area contributed by atoms with E-state index in [0.717, 1.165) is 34.9 Å². The number of thiophene rings is 1. The number of hydrogen-bond acceptors (Lipinski definition) is 6. The Morgan fingerprint density at radius 3 is 3.10 bits per heavy atom. The fourth-order valence-electron chi connectivity index (χ4n) is 2.04. The molecule has 3 aromatic rings. The van der Waals surface area contributed by atoms with E-state index < -0.39 is 0 Å². The average molecular weight is 289 g/mol. The van der Waals surface area contributed by atoms with Crippen LogP contribution in [0.1, 0.15) is 24.7 Å². The molecule has 104 valence electrons. The van der Waals surface area contributed by atoms with Crippen LogP contribution < -0.4 is 5.73 Å². The molecule has 0 amide bonds. The smallest absolute Gasteiger partial charge is 0.177 e. The van der Waals surface area contributed by atoms with Crippen molar-refractivity contribution >= 4 is 17.2 Å². The van der Waals surface area contributed by atoms with Crippen molar-refractivity contribution in [3.05, 3.63) is 35.0 Å². The summed E-state index contributed by atoms with van der Waals surface area (Å²) in [6.07, 6.45) is 1.85. The Morgan fingerprint density at radius 1 is 1.45 bits per heavy atom. The highest BCUT2D eigenvalue weighted by Crippen LogP contribution is 2.25. The predicted octanol–water partition coefficient (Wildman–Crippen LogP) is 2.58. The molecule has 0 aliphatic carbocycles. The van der Waals surface area contributed by atoms with Gasteiger partial charge in [-0.05, 0) is 17.9 Å². The SMILES string of the molecule is CCCc1c(N)nnn1Cc1cc(-c2cccs2)on1. The summed E-state index contributed by atoms with van der Waals surface area (Å²) in [5.41, 5.74) is 7.59. The van der Waals surface area contributed by atoms with Gasteiger partial charge in [0.25, 0.3) is 0 Å². The van der Waals surface area contributed by atoms with Crippen LogP contribution in [0.4, 0.5) is 5.82 Å². The predicted molar refractivity (Wildman–Crippen MR) is 77.3 cm³/mol. The lowest BCUT2D eigenvalue weighted by Gasteiger charge is -2.02. The number of nitrogen functional groups attached to an aromatic ring is 1. The molecule has 0 saturated carbocycles. The lowest BCUT2D eigenvalue weighted by Crippen LogP contribution is -2.07. The average Bonchev–Trinajstić information content (AvgIpc) is 3.15. The summed E-state index contributed by atoms with van der Waals surface area (Å²) in [5, 5.41) is 14.1. The van der Waals surface area contributed by atoms with Crippen LogP contribution in [0.3, 0.4) is 0 Å². The molecule has 2 N–H and O–H groups in total. The summed E-state index contributed by atoms with van der Waals surface area (Å²) in [4.78, 5) is 1.07. The van der Waals surface area contributed by atoms with Crippen molar-refractivity contribution in [1.82, 2.24) is 20.2 Å². The van der Waals surface area contributed by atoms with Crippen LogP contribution in [0.15, 0.2) is 28.1 Å². The highest BCUT2D eigenvalue weighted by Gasteiger charge is 2.13. The third-order valence-corrected chi connectivity index (χ3v) is 3.87. The number of aromatic nitrogens is 4. The van der Waals surface area contributed by atoms with Crippen LogP contribution >= 0.6 is 11.3 Å². The second-order valence-corrected chi connectivity index (χ2v) is 5.44. The fraction of sp³-hybridized carbons (Fsp3) is 0.308. The Balaban J connectivity index is 1.82. The van der Waals surface area contributed by atoms with Crippen LogP contribution in [0, 0.1) is 0 Å². The van der Waals surface area contributed by atoms with Crippen molar-refractivity contribution in [3.63, 3.8) is 0 Å². The topological polar surface area (TPSA) is 82.8 Å². The van der Waals surface area contributed by atoms with Gasteiger partial charge >= 0.3 is 0 Å². The first-order valence-electron chi connectivity index (χ1n) is 6.45. The van der Waals surface area contributed by atoms with Crippen molar-refractivity contribution in [2.24, 2.45) is 0 Å². The van der Waals surface area contributed by atoms with Gasteiger partial charge in [0.05, 0.1) is 17.1 Å². The molecular weight excluding hydrogens is 274 g/mol. The van der Waals surface area contributed by atoms with Gasteiger partial charge < -0.3 is 10.3 Å². The van der Waals surface area contributed by atoms with E-state index in [4.69, 9.17) is 10.3 Å². The van der Waals surface area contributed by atoms with E-state index in [1.54, 1.807) is 16.0 Å². The minimum absolute atomic E-state index is 0.494. The normalized spacial score (nSPS) is 11.1. The van der Waals surface area contributed by atoms with E-state index in [9.17, 15) is 0 Å². The summed E-state index contributed by atoms with van der Waals surface area (Å²) in [5.74, 6) is 1.27. The second kappa shape index (κ2) is 5.46. The Bertz CT molecular complexity index is 686. The van der Waals surface area contributed by atoms with Gasteiger partial charge in [-0.2, -0.15) is 0 Å². The van der Waals surface area contributed by atoms with Crippen LogP contribution in [-0.2, 0) is 13.0 Å². The first kappa shape index (κ1) is 12.9. The molecule has 0 aliphatic rings. The molecule has 6 nitrogen and oxygen atoms in total. The minimum Gasteiger partial charge on any atom is -0.381 e. The third-order valence-electron chi connectivity index (χ3n) is 2.99. The monoisotopic (exact) mass is 289 g/mol. The molecule has 3 aromatic heterocycles. The summed E-state index contributed by atoms with van der Waals surface area (Å²) >= 11 is 1.62. The van der Waals surface area contributed by atoms with Gasteiger partial charge in [0.1, 0.15) is 5.69 Å². The van der Waals surface area contributed by atoms with Crippen LogP contribution in [-0.4, -0.2) is 20.2 Å². The van der Waals surface area contributed by atoms with Gasteiger partial charge in [-0.1, -0.05) is 29.8 Å². The summed E-state index contributed by atoms with van der Waals surface area (Å²) in [6.45, 7) is 2.62. The maximum atomic E-state index is 5.83. The van der Waals surface area contributed by atoms with Crippen molar-refractivity contribution < 1.29 is 4.52 Å². The quantitative estimate of drug-likeness (QED) is 0.780. The van der Waals surface area contributed by atoms with Gasteiger partial charge in [0.15, 0.2) is 11.6 Å². The lowest BCUT2D eigenvalue weighted by molar-refractivity contribution is 0.418. The number of nitrogens with two attached hydrogens (primary N) is 1. The molecule has 7 heteroatoms. The number of anilines is 1. The van der Waals surface area contributed by atoms with E-state index >= 15 is 0 Å². The first-order valence-corrected chi connectivity index (χ1v) is 7.33. The molecule has 3 heterocycles. The van der Waals surface area contributed by atoms with Gasteiger partial charge in [-0.25, -0.2) is 4.68 Å². The van der Waals surface area contributed by atoms with Crippen LogP contribution in [0.2, 0.25) is 0 Å². The third kappa shape index (κ3) is 2.44. The summed E-state index contributed by atoms with van der Waals surface area (Å²) < 4.78 is 7.14. The molecular formula is C13H15N5OS. The van der Waals surface area contributed by atoms with Crippen LogP contribution in [0.5, 0.6) is 0 Å². The zero-order valence-corrected chi connectivity index (χ0v) is 11.9. The lowest BCUT2D eigenvalue weighted by atomic mass is 10.2. The maximum absolute atomic E-state index is 5.83. The molecule has 0 bridgehead atoms. The number of rotatable bonds is 5. The summed E-state index contributed by atoms with van der Waals surface area (Å²) in [7, 11) is 0. The van der Waals surface area contributed by atoms with Crippen LogP contribution in [0.25, 0.3) is 10.6 Å². The fourth-order valence-corrected chi connectivity index (χ4v) is 2.71. The van der Waals surface area contributed by atoms with E-state index in [-0.39, 0.29) is 0 Å². The Kier molecular flexibility index (Phi) is 3.51. The Hall–Kier alpha value is -2.15. The molecule has 20 heavy (non-hydrogen) atoms. The molecule has 0 spiro atoms. The highest BCUT2D eigenvalue weighted by molar-refractivity contribution is 7.13. The van der Waals surface area contributed by atoms with Gasteiger partial charge in [0.2, 0.25) is 0 Å². The molecule has 0 saturated heterocycles. The van der Waals surface area contributed by atoms with Gasteiger partial charge in [0, 0.05) is 6.07 Å². The largest absolute Gasteiger partial charge is 0.381 e. The maximum Gasteiger partial charge on any atom is 0.177 e. The van der Waals surface area contributed by atoms with Crippen molar-refractivity contribution in [2.45, 2.75) is 26.3 Å². The Morgan fingerprint density at radius 2 is 2.35 bits per heavy atom. The zero-order valence-electron chi connectivity index (χ0n) is 11.1. The van der Waals surface area contributed by atoms with Crippen molar-refractivity contribution in [3.8, 4) is 10.6 Å². The molecule has 0 atom stereocenters. The minimum atomic E-state index is 0.494. The summed E-state index contributed by atoms with van der Waals surface area (Å²) in [6, 6.07) is 5.92. The first-order chi connectivity index (χ1) is 9.78. The standard InChI is InChI=1S/C13H15N5OS/c1-2-4-10-13(14)15-17-18(10)8-9-7-11(19-16-9)12-5-3-6-20-12/h3,5-7H,2,4,8,14H2,1H3. The number of hydrogen-bond donors (Lipinski definition) is 1. The van der Waals surface area contributed by atoms with E-state index in [2.05, 4.69) is 22.4 Å². The van der Waals surface area contributed by atoms with Crippen molar-refractivity contribution in [1.29, 1.82) is 0 Å². The molecule has 0 fully saturated rings. The molecule has 0 unspecified atom stereocenters. The second-order valence-electron chi connectivity index (χ2n) is 4.49.